The summed E-state index contributed by atoms with van der Waals surface area (Å²) in [5.74, 6) is 4.97. The molecule has 0 aliphatic heterocycles. The van der Waals surface area contributed by atoms with E-state index in [1.54, 1.807) is 0 Å². The Kier molecular flexibility index (Phi) is 7.77. The molecule has 0 aromatic rings. The van der Waals surface area contributed by atoms with Gasteiger partial charge in [-0.25, -0.2) is 5.43 Å². The zero-order chi connectivity index (χ0) is 6.95. The van der Waals surface area contributed by atoms with Crippen molar-refractivity contribution in [3.8, 4) is 0 Å². The van der Waals surface area contributed by atoms with E-state index in [0.29, 0.717) is 6.73 Å². The Hall–Kier alpha value is -0.120. The Morgan fingerprint density at radius 2 is 2.22 bits per heavy atom. The van der Waals surface area contributed by atoms with Crippen molar-refractivity contribution in [2.75, 3.05) is 13.3 Å². The Balaban J connectivity index is 2.60. The lowest BCUT2D eigenvalue weighted by molar-refractivity contribution is 0.113. The first-order chi connectivity index (χ1) is 4.41. The lowest BCUT2D eigenvalue weighted by Crippen LogP contribution is -2.25. The molecule has 56 valence electrons. The minimum atomic E-state index is 0.462. The van der Waals surface area contributed by atoms with Gasteiger partial charge in [-0.1, -0.05) is 19.8 Å². The summed E-state index contributed by atoms with van der Waals surface area (Å²) in [5, 5.41) is 0. The molecule has 0 bridgehead atoms. The van der Waals surface area contributed by atoms with Crippen LogP contribution in [0.1, 0.15) is 26.2 Å². The van der Waals surface area contributed by atoms with Crippen molar-refractivity contribution in [2.45, 2.75) is 26.2 Å². The quantitative estimate of drug-likeness (QED) is 0.241. The second-order valence-electron chi connectivity index (χ2n) is 1.96. The van der Waals surface area contributed by atoms with Crippen LogP contribution < -0.4 is 11.3 Å². The van der Waals surface area contributed by atoms with Crippen LogP contribution in [0.3, 0.4) is 0 Å². The van der Waals surface area contributed by atoms with Crippen molar-refractivity contribution in [2.24, 2.45) is 5.84 Å². The molecule has 3 heteroatoms. The van der Waals surface area contributed by atoms with Crippen LogP contribution in [0.4, 0.5) is 0 Å². The maximum Gasteiger partial charge on any atom is 0.109 e. The Bertz CT molecular complexity index is 44.3. The summed E-state index contributed by atoms with van der Waals surface area (Å²) in [7, 11) is 0. The Morgan fingerprint density at radius 3 is 2.78 bits per heavy atom. The molecule has 0 spiro atoms. The first-order valence-corrected chi connectivity index (χ1v) is 3.43. The molecule has 0 radical (unpaired) electrons. The zero-order valence-corrected chi connectivity index (χ0v) is 6.02. The van der Waals surface area contributed by atoms with Crippen LogP contribution >= 0.6 is 0 Å². The molecule has 0 amide bonds. The van der Waals surface area contributed by atoms with Crippen LogP contribution in [0.15, 0.2) is 0 Å². The summed E-state index contributed by atoms with van der Waals surface area (Å²) < 4.78 is 5.05. The highest BCUT2D eigenvalue weighted by molar-refractivity contribution is 4.34. The highest BCUT2D eigenvalue weighted by Gasteiger charge is 1.84. The van der Waals surface area contributed by atoms with Crippen molar-refractivity contribution in [1.29, 1.82) is 0 Å². The molecule has 0 saturated heterocycles. The highest BCUT2D eigenvalue weighted by atomic mass is 16.5. The summed E-state index contributed by atoms with van der Waals surface area (Å²) in [4.78, 5) is 0. The zero-order valence-electron chi connectivity index (χ0n) is 6.02. The first kappa shape index (κ1) is 8.88. The topological polar surface area (TPSA) is 47.3 Å². The average Bonchev–Trinajstić information content (AvgIpc) is 1.89. The van der Waals surface area contributed by atoms with Gasteiger partial charge in [0.2, 0.25) is 0 Å². The molecule has 3 nitrogen and oxygen atoms in total. The van der Waals surface area contributed by atoms with E-state index in [0.717, 1.165) is 13.0 Å². The van der Waals surface area contributed by atoms with Crippen molar-refractivity contribution in [3.63, 3.8) is 0 Å². The lowest BCUT2D eigenvalue weighted by atomic mass is 10.3. The monoisotopic (exact) mass is 132 g/mol. The van der Waals surface area contributed by atoms with Crippen molar-refractivity contribution in [1.82, 2.24) is 5.43 Å². The van der Waals surface area contributed by atoms with E-state index in [4.69, 9.17) is 10.6 Å². The number of unbranched alkanes of at least 4 members (excludes halogenated alkanes) is 2. The van der Waals surface area contributed by atoms with Gasteiger partial charge in [-0.2, -0.15) is 0 Å². The fourth-order valence-corrected chi connectivity index (χ4v) is 0.585. The molecule has 0 unspecified atom stereocenters. The molecule has 0 aromatic carbocycles. The van der Waals surface area contributed by atoms with Crippen LogP contribution in [-0.4, -0.2) is 13.3 Å². The molecular formula is C6H16N2O. The number of hydrogen-bond acceptors (Lipinski definition) is 3. The summed E-state index contributed by atoms with van der Waals surface area (Å²) in [5.41, 5.74) is 2.42. The first-order valence-electron chi connectivity index (χ1n) is 3.43. The molecule has 0 heterocycles. The predicted molar refractivity (Wildman–Crippen MR) is 37.7 cm³/mol. The van der Waals surface area contributed by atoms with Crippen LogP contribution in [-0.2, 0) is 4.74 Å². The molecule has 9 heavy (non-hydrogen) atoms. The third-order valence-corrected chi connectivity index (χ3v) is 1.08. The Labute approximate surface area is 56.5 Å². The van der Waals surface area contributed by atoms with E-state index in [-0.39, 0.29) is 0 Å². The average molecular weight is 132 g/mol. The lowest BCUT2D eigenvalue weighted by Gasteiger charge is -2.00. The summed E-state index contributed by atoms with van der Waals surface area (Å²) in [6.45, 7) is 3.45. The molecule has 0 aromatic heterocycles. The fraction of sp³-hybridized carbons (Fsp3) is 1.00. The predicted octanol–water partition coefficient (Wildman–Crippen LogP) is 0.614. The van der Waals surface area contributed by atoms with E-state index < -0.39 is 0 Å². The normalized spacial score (nSPS) is 10.0. The number of hydrazine groups is 1. The third-order valence-electron chi connectivity index (χ3n) is 1.08. The molecule has 0 saturated carbocycles. The maximum atomic E-state index is 5.05. The second-order valence-corrected chi connectivity index (χ2v) is 1.96. The number of rotatable bonds is 6. The molecule has 3 N–H and O–H groups in total. The number of nitrogens with two attached hydrogens (primary N) is 1. The summed E-state index contributed by atoms with van der Waals surface area (Å²) in [6.07, 6.45) is 3.61. The van der Waals surface area contributed by atoms with Crippen molar-refractivity contribution in [3.05, 3.63) is 0 Å². The van der Waals surface area contributed by atoms with Gasteiger partial charge in [-0.05, 0) is 6.42 Å². The van der Waals surface area contributed by atoms with Crippen LogP contribution in [0, 0.1) is 0 Å². The molecule has 0 fully saturated rings. The second kappa shape index (κ2) is 7.88. The van der Waals surface area contributed by atoms with Gasteiger partial charge in [0, 0.05) is 6.61 Å². The van der Waals surface area contributed by atoms with E-state index in [9.17, 15) is 0 Å². The van der Waals surface area contributed by atoms with Gasteiger partial charge >= 0.3 is 0 Å². The van der Waals surface area contributed by atoms with Crippen LogP contribution in [0.5, 0.6) is 0 Å². The van der Waals surface area contributed by atoms with Gasteiger partial charge in [0.25, 0.3) is 0 Å². The van der Waals surface area contributed by atoms with Gasteiger partial charge in [-0.15, -0.1) is 0 Å². The van der Waals surface area contributed by atoms with Gasteiger partial charge in [-0.3, -0.25) is 5.84 Å². The summed E-state index contributed by atoms with van der Waals surface area (Å²) >= 11 is 0. The van der Waals surface area contributed by atoms with Gasteiger partial charge in [0.05, 0.1) is 0 Å². The molecule has 0 rings (SSSR count). The molecule has 0 aliphatic carbocycles. The molecular weight excluding hydrogens is 116 g/mol. The van der Waals surface area contributed by atoms with Crippen LogP contribution in [0.25, 0.3) is 0 Å². The minimum absolute atomic E-state index is 0.462. The number of ether oxygens (including phenoxy) is 1. The Morgan fingerprint density at radius 1 is 1.44 bits per heavy atom. The van der Waals surface area contributed by atoms with Gasteiger partial charge < -0.3 is 4.74 Å². The standard InChI is InChI=1S/C6H16N2O/c1-2-3-4-5-9-6-8-7/h8H,2-7H2,1H3. The maximum absolute atomic E-state index is 5.05. The molecule has 0 aliphatic rings. The summed E-state index contributed by atoms with van der Waals surface area (Å²) in [6, 6.07) is 0. The fourth-order valence-electron chi connectivity index (χ4n) is 0.585. The van der Waals surface area contributed by atoms with Gasteiger partial charge in [0.1, 0.15) is 6.73 Å². The smallest absolute Gasteiger partial charge is 0.109 e. The van der Waals surface area contributed by atoms with E-state index >= 15 is 0 Å². The highest BCUT2D eigenvalue weighted by Crippen LogP contribution is 1.92. The van der Waals surface area contributed by atoms with Crippen molar-refractivity contribution < 1.29 is 4.74 Å². The molecule has 0 atom stereocenters. The van der Waals surface area contributed by atoms with Crippen molar-refractivity contribution >= 4 is 0 Å². The van der Waals surface area contributed by atoms with Gasteiger partial charge in [0.15, 0.2) is 0 Å². The van der Waals surface area contributed by atoms with E-state index in [2.05, 4.69) is 12.3 Å². The number of hydrogen-bond donors (Lipinski definition) is 2. The SMILES string of the molecule is CCCCCOCNN. The number of nitrogens with one attached hydrogen (secondary N) is 1. The van der Waals surface area contributed by atoms with E-state index in [1.165, 1.54) is 12.8 Å². The third kappa shape index (κ3) is 7.88. The minimum Gasteiger partial charge on any atom is -0.365 e. The van der Waals surface area contributed by atoms with E-state index in [1.807, 2.05) is 0 Å². The van der Waals surface area contributed by atoms with Crippen LogP contribution in [0.2, 0.25) is 0 Å². The largest absolute Gasteiger partial charge is 0.365 e.